The maximum atomic E-state index is 12.9. The predicted octanol–water partition coefficient (Wildman–Crippen LogP) is 4.81. The van der Waals surface area contributed by atoms with Gasteiger partial charge in [0.15, 0.2) is 5.82 Å². The number of hydrogen-bond acceptors (Lipinski definition) is 6. The maximum absolute atomic E-state index is 12.9. The quantitative estimate of drug-likeness (QED) is 0.562. The van der Waals surface area contributed by atoms with Crippen molar-refractivity contribution in [1.29, 1.82) is 0 Å². The zero-order valence-electron chi connectivity index (χ0n) is 17.3. The number of pyridine rings is 1. The molecule has 3 heterocycles. The first-order valence-corrected chi connectivity index (χ1v) is 11.0. The third-order valence-electron chi connectivity index (χ3n) is 5.32. The first kappa shape index (κ1) is 19.9. The minimum atomic E-state index is -0.114. The van der Waals surface area contributed by atoms with Crippen molar-refractivity contribution in [1.82, 2.24) is 20.0 Å². The van der Waals surface area contributed by atoms with E-state index in [4.69, 9.17) is 9.51 Å². The second-order valence-electron chi connectivity index (χ2n) is 7.98. The van der Waals surface area contributed by atoms with Crippen molar-refractivity contribution >= 4 is 28.6 Å². The number of likely N-dealkylation sites (tertiary alicyclic amines) is 1. The Morgan fingerprint density at radius 1 is 1.28 bits per heavy atom. The van der Waals surface area contributed by atoms with E-state index in [1.807, 2.05) is 24.8 Å². The Morgan fingerprint density at radius 2 is 2.10 bits per heavy atom. The Morgan fingerprint density at radius 3 is 2.86 bits per heavy atom. The number of carbonyl (C=O) groups is 1. The summed E-state index contributed by atoms with van der Waals surface area (Å²) in [5, 5.41) is 6.10. The van der Waals surface area contributed by atoms with E-state index >= 15 is 0 Å². The Hall–Kier alpha value is -2.41. The number of benzene rings is 1. The number of thioether (sulfide) groups is 1. The lowest BCUT2D eigenvalue weighted by atomic mass is 10.1. The van der Waals surface area contributed by atoms with Crippen molar-refractivity contribution in [3.8, 4) is 0 Å². The summed E-state index contributed by atoms with van der Waals surface area (Å²) >= 11 is 1.49. The fraction of sp³-hybridized carbons (Fsp3) is 0.455. The summed E-state index contributed by atoms with van der Waals surface area (Å²) in [7, 11) is 0. The van der Waals surface area contributed by atoms with Crippen molar-refractivity contribution in [3.63, 3.8) is 0 Å². The van der Waals surface area contributed by atoms with Crippen LogP contribution in [0, 0.1) is 13.8 Å². The monoisotopic (exact) mass is 410 g/mol. The molecule has 3 aromatic rings. The molecule has 1 aliphatic rings. The summed E-state index contributed by atoms with van der Waals surface area (Å²) in [6.07, 6.45) is 1.82. The van der Waals surface area contributed by atoms with Gasteiger partial charge in [-0.2, -0.15) is 4.98 Å². The van der Waals surface area contributed by atoms with Crippen LogP contribution < -0.4 is 0 Å². The summed E-state index contributed by atoms with van der Waals surface area (Å²) in [5.41, 5.74) is 3.37. The highest BCUT2D eigenvalue weighted by molar-refractivity contribution is 7.99. The van der Waals surface area contributed by atoms with Gasteiger partial charge in [-0.1, -0.05) is 42.4 Å². The largest absolute Gasteiger partial charge is 0.337 e. The zero-order chi connectivity index (χ0) is 20.5. The number of fused-ring (bicyclic) bond motifs is 1. The van der Waals surface area contributed by atoms with Gasteiger partial charge in [-0.3, -0.25) is 4.79 Å². The van der Waals surface area contributed by atoms with Crippen LogP contribution >= 0.6 is 11.8 Å². The number of aryl methyl sites for hydroxylation is 2. The number of hydrogen-bond donors (Lipinski definition) is 0. The van der Waals surface area contributed by atoms with Gasteiger partial charge in [-0.15, -0.1) is 0 Å². The van der Waals surface area contributed by atoms with E-state index in [0.717, 1.165) is 35.3 Å². The molecular weight excluding hydrogens is 384 g/mol. The molecule has 1 saturated heterocycles. The van der Waals surface area contributed by atoms with Gasteiger partial charge in [-0.05, 0) is 50.5 Å². The standard InChI is InChI=1S/C22H26N4O2S/c1-13(2)21-24-22(28-25-21)18-6-5-9-26(18)20(27)12-29-19-11-15(4)16-10-14(3)7-8-17(16)23-19/h7-8,10-11,13,18H,5-6,9,12H2,1-4H3/t18-/m0/s1. The summed E-state index contributed by atoms with van der Waals surface area (Å²) in [6, 6.07) is 8.22. The van der Waals surface area contributed by atoms with E-state index < -0.39 is 0 Å². The molecule has 0 bridgehead atoms. The first-order valence-electron chi connectivity index (χ1n) is 10.1. The number of rotatable bonds is 5. The number of nitrogens with zero attached hydrogens (tertiary/aromatic N) is 4. The van der Waals surface area contributed by atoms with Crippen LogP contribution in [0.3, 0.4) is 0 Å². The minimum absolute atomic E-state index is 0.0882. The molecule has 6 nitrogen and oxygen atoms in total. The highest BCUT2D eigenvalue weighted by Gasteiger charge is 2.34. The third-order valence-corrected chi connectivity index (χ3v) is 6.22. The van der Waals surface area contributed by atoms with Gasteiger partial charge in [-0.25, -0.2) is 4.98 Å². The molecular formula is C22H26N4O2S. The lowest BCUT2D eigenvalue weighted by molar-refractivity contribution is -0.129. The summed E-state index contributed by atoms with van der Waals surface area (Å²) in [5.74, 6) is 1.90. The van der Waals surface area contributed by atoms with E-state index in [9.17, 15) is 4.79 Å². The van der Waals surface area contributed by atoms with Crippen molar-refractivity contribution in [2.75, 3.05) is 12.3 Å². The van der Waals surface area contributed by atoms with Gasteiger partial charge in [0, 0.05) is 17.8 Å². The second-order valence-corrected chi connectivity index (χ2v) is 8.97. The van der Waals surface area contributed by atoms with Crippen LogP contribution in [0.15, 0.2) is 33.8 Å². The molecule has 4 rings (SSSR count). The maximum Gasteiger partial charge on any atom is 0.249 e. The smallest absolute Gasteiger partial charge is 0.249 e. The highest BCUT2D eigenvalue weighted by atomic mass is 32.2. The molecule has 0 unspecified atom stereocenters. The Kier molecular flexibility index (Phi) is 5.58. The second kappa shape index (κ2) is 8.14. The number of aromatic nitrogens is 3. The average Bonchev–Trinajstić information content (AvgIpc) is 3.36. The van der Waals surface area contributed by atoms with E-state index in [-0.39, 0.29) is 17.9 Å². The topological polar surface area (TPSA) is 72.1 Å². The average molecular weight is 411 g/mol. The van der Waals surface area contributed by atoms with Crippen LogP contribution in [0.2, 0.25) is 0 Å². The molecule has 1 amide bonds. The Balaban J connectivity index is 1.46. The van der Waals surface area contributed by atoms with Crippen molar-refractivity contribution in [3.05, 3.63) is 47.1 Å². The molecule has 1 aliphatic heterocycles. The molecule has 0 N–H and O–H groups in total. The Labute approximate surface area is 175 Å². The van der Waals surface area contributed by atoms with Gasteiger partial charge in [0.1, 0.15) is 6.04 Å². The van der Waals surface area contributed by atoms with Crippen LogP contribution in [0.25, 0.3) is 10.9 Å². The fourth-order valence-electron chi connectivity index (χ4n) is 3.71. The normalized spacial score (nSPS) is 16.9. The van der Waals surface area contributed by atoms with Crippen LogP contribution in [-0.4, -0.2) is 38.2 Å². The zero-order valence-corrected chi connectivity index (χ0v) is 18.1. The van der Waals surface area contributed by atoms with Gasteiger partial charge in [0.2, 0.25) is 11.8 Å². The van der Waals surface area contributed by atoms with Gasteiger partial charge < -0.3 is 9.42 Å². The van der Waals surface area contributed by atoms with Crippen LogP contribution in [0.4, 0.5) is 0 Å². The summed E-state index contributed by atoms with van der Waals surface area (Å²) < 4.78 is 5.45. The van der Waals surface area contributed by atoms with Crippen LogP contribution in [-0.2, 0) is 4.79 Å². The molecule has 0 spiro atoms. The van der Waals surface area contributed by atoms with E-state index in [0.29, 0.717) is 17.5 Å². The van der Waals surface area contributed by atoms with Crippen LogP contribution in [0.1, 0.15) is 61.5 Å². The van der Waals surface area contributed by atoms with Gasteiger partial charge in [0.05, 0.1) is 16.3 Å². The van der Waals surface area contributed by atoms with E-state index in [1.54, 1.807) is 0 Å². The molecule has 0 radical (unpaired) electrons. The van der Waals surface area contributed by atoms with Crippen molar-refractivity contribution < 1.29 is 9.32 Å². The minimum Gasteiger partial charge on any atom is -0.337 e. The van der Waals surface area contributed by atoms with Gasteiger partial charge >= 0.3 is 0 Å². The molecule has 1 atom stereocenters. The SMILES string of the molecule is Cc1ccc2nc(SCC(=O)N3CCC[C@H]3c3nc(C(C)C)no3)cc(C)c2c1. The summed E-state index contributed by atoms with van der Waals surface area (Å²) in [6.45, 7) is 8.96. The van der Waals surface area contributed by atoms with Crippen molar-refractivity contribution in [2.24, 2.45) is 0 Å². The van der Waals surface area contributed by atoms with E-state index in [2.05, 4.69) is 42.2 Å². The molecule has 29 heavy (non-hydrogen) atoms. The number of carbonyl (C=O) groups excluding carboxylic acids is 1. The van der Waals surface area contributed by atoms with Crippen molar-refractivity contribution in [2.45, 2.75) is 57.5 Å². The number of amides is 1. The molecule has 0 aliphatic carbocycles. The van der Waals surface area contributed by atoms with Gasteiger partial charge in [0.25, 0.3) is 0 Å². The molecule has 152 valence electrons. The molecule has 2 aromatic heterocycles. The summed E-state index contributed by atoms with van der Waals surface area (Å²) in [4.78, 5) is 24.0. The third kappa shape index (κ3) is 4.15. The lowest BCUT2D eigenvalue weighted by Crippen LogP contribution is -2.32. The fourth-order valence-corrected chi connectivity index (χ4v) is 4.57. The first-order chi connectivity index (χ1) is 13.9. The molecule has 1 aromatic carbocycles. The molecule has 0 saturated carbocycles. The molecule has 7 heteroatoms. The van der Waals surface area contributed by atoms with E-state index in [1.165, 1.54) is 22.9 Å². The van der Waals surface area contributed by atoms with Crippen LogP contribution in [0.5, 0.6) is 0 Å². The Bertz CT molecular complexity index is 1050. The molecule has 1 fully saturated rings. The highest BCUT2D eigenvalue weighted by Crippen LogP contribution is 2.33. The predicted molar refractivity (Wildman–Crippen MR) is 114 cm³/mol. The lowest BCUT2D eigenvalue weighted by Gasteiger charge is -2.21.